The van der Waals surface area contributed by atoms with Crippen LogP contribution in [0.2, 0.25) is 0 Å². The molecule has 2 aromatic carbocycles. The molecule has 1 unspecified atom stereocenters. The van der Waals surface area contributed by atoms with Gasteiger partial charge >= 0.3 is 0 Å². The fraction of sp³-hybridized carbons (Fsp3) is 0.143. The quantitative estimate of drug-likeness (QED) is 0.370. The molecule has 0 radical (unpaired) electrons. The van der Waals surface area contributed by atoms with E-state index in [4.69, 9.17) is 4.52 Å². The van der Waals surface area contributed by atoms with Gasteiger partial charge in [0, 0.05) is 12.1 Å². The summed E-state index contributed by atoms with van der Waals surface area (Å²) in [6, 6.07) is 11.1. The molecular weight excluding hydrogens is 426 g/mol. The second-order valence-corrected chi connectivity index (χ2v) is 8.03. The van der Waals surface area contributed by atoms with Crippen LogP contribution in [0, 0.1) is 18.6 Å². The minimum absolute atomic E-state index is 0.0909. The molecule has 0 saturated heterocycles. The number of carbonyl (C=O) groups excluding carboxylic acids is 1. The number of amides is 1. The third-order valence-electron chi connectivity index (χ3n) is 4.43. The van der Waals surface area contributed by atoms with Crippen molar-refractivity contribution in [3.8, 4) is 5.69 Å². The number of nitrogens with zero attached hydrogens (tertiary/aromatic N) is 3. The molecular formula is C21H16F2N4O3S. The Morgan fingerprint density at radius 2 is 1.97 bits per heavy atom. The largest absolute Gasteiger partial charge is 0.360 e. The molecule has 1 atom stereocenters. The number of hydrogen-bond acceptors (Lipinski definition) is 6. The summed E-state index contributed by atoms with van der Waals surface area (Å²) in [6.45, 7) is 3.30. The highest BCUT2D eigenvalue weighted by atomic mass is 32.2. The van der Waals surface area contributed by atoms with Crippen LogP contribution in [-0.4, -0.2) is 25.9 Å². The van der Waals surface area contributed by atoms with Gasteiger partial charge in [0.1, 0.15) is 17.4 Å². The van der Waals surface area contributed by atoms with Gasteiger partial charge < -0.3 is 9.84 Å². The van der Waals surface area contributed by atoms with Crippen molar-refractivity contribution < 1.29 is 18.1 Å². The molecule has 0 aliphatic carbocycles. The van der Waals surface area contributed by atoms with Crippen LogP contribution < -0.4 is 10.9 Å². The minimum atomic E-state index is -0.920. The van der Waals surface area contributed by atoms with Gasteiger partial charge in [0.2, 0.25) is 5.91 Å². The molecule has 7 nitrogen and oxygen atoms in total. The molecule has 1 N–H and O–H groups in total. The smallest absolute Gasteiger partial charge is 0.266 e. The molecule has 2 aromatic heterocycles. The molecule has 0 aliphatic rings. The van der Waals surface area contributed by atoms with Gasteiger partial charge in [-0.2, -0.15) is 0 Å². The van der Waals surface area contributed by atoms with Crippen LogP contribution in [0.1, 0.15) is 12.7 Å². The number of aromatic nitrogens is 3. The van der Waals surface area contributed by atoms with E-state index in [2.05, 4.69) is 15.5 Å². The molecule has 0 spiro atoms. The first kappa shape index (κ1) is 20.7. The summed E-state index contributed by atoms with van der Waals surface area (Å²) in [5.74, 6) is -1.31. The Morgan fingerprint density at radius 3 is 2.68 bits per heavy atom. The maximum atomic E-state index is 14.5. The van der Waals surface area contributed by atoms with Crippen LogP contribution in [0.4, 0.5) is 14.6 Å². The van der Waals surface area contributed by atoms with Gasteiger partial charge in [0.15, 0.2) is 11.0 Å². The van der Waals surface area contributed by atoms with Crippen molar-refractivity contribution in [3.63, 3.8) is 0 Å². The molecule has 31 heavy (non-hydrogen) atoms. The highest BCUT2D eigenvalue weighted by molar-refractivity contribution is 8.00. The number of nitrogens with one attached hydrogen (secondary N) is 1. The normalized spacial score (nSPS) is 12.1. The van der Waals surface area contributed by atoms with E-state index in [-0.39, 0.29) is 22.0 Å². The summed E-state index contributed by atoms with van der Waals surface area (Å²) in [5, 5.41) is 5.96. The molecule has 10 heteroatoms. The van der Waals surface area contributed by atoms with Crippen molar-refractivity contribution in [1.82, 2.24) is 14.7 Å². The summed E-state index contributed by atoms with van der Waals surface area (Å²) in [6.07, 6.45) is 0. The number of rotatable bonds is 5. The lowest BCUT2D eigenvalue weighted by Gasteiger charge is -2.16. The van der Waals surface area contributed by atoms with Crippen LogP contribution in [-0.2, 0) is 4.79 Å². The van der Waals surface area contributed by atoms with E-state index in [9.17, 15) is 18.4 Å². The zero-order chi connectivity index (χ0) is 22.1. The number of thioether (sulfide) groups is 1. The summed E-state index contributed by atoms with van der Waals surface area (Å²) >= 11 is 0.962. The Morgan fingerprint density at radius 1 is 1.19 bits per heavy atom. The van der Waals surface area contributed by atoms with E-state index in [0.717, 1.165) is 28.5 Å². The number of anilines is 1. The van der Waals surface area contributed by atoms with Gasteiger partial charge in [0.05, 0.1) is 21.8 Å². The van der Waals surface area contributed by atoms with E-state index >= 15 is 0 Å². The summed E-state index contributed by atoms with van der Waals surface area (Å²) in [5.41, 5.74) is -0.293. The highest BCUT2D eigenvalue weighted by Gasteiger charge is 2.22. The third-order valence-corrected chi connectivity index (χ3v) is 5.48. The monoisotopic (exact) mass is 442 g/mol. The standard InChI is InChI=1S/C21H16F2N4O3S/c1-11-9-18(26-30-11)25-19(28)12(2)31-21-24-16-6-4-3-5-14(16)20(29)27(21)17-8-7-13(22)10-15(17)23/h3-10,12H,1-2H3,(H,25,26,28). The van der Waals surface area contributed by atoms with Crippen molar-refractivity contribution in [2.75, 3.05) is 5.32 Å². The van der Waals surface area contributed by atoms with E-state index in [1.54, 1.807) is 44.2 Å². The predicted molar refractivity (Wildman–Crippen MR) is 112 cm³/mol. The van der Waals surface area contributed by atoms with Gasteiger partial charge in [0.25, 0.3) is 5.56 Å². The lowest BCUT2D eigenvalue weighted by Crippen LogP contribution is -2.26. The number of benzene rings is 2. The maximum Gasteiger partial charge on any atom is 0.266 e. The maximum absolute atomic E-state index is 14.5. The van der Waals surface area contributed by atoms with Crippen LogP contribution in [0.3, 0.4) is 0 Å². The van der Waals surface area contributed by atoms with Crippen LogP contribution in [0.25, 0.3) is 16.6 Å². The second-order valence-electron chi connectivity index (χ2n) is 6.72. The average Bonchev–Trinajstić information content (AvgIpc) is 3.14. The lowest BCUT2D eigenvalue weighted by atomic mass is 10.2. The second kappa shape index (κ2) is 8.31. The van der Waals surface area contributed by atoms with Crippen molar-refractivity contribution >= 4 is 34.4 Å². The first-order chi connectivity index (χ1) is 14.8. The first-order valence-corrected chi connectivity index (χ1v) is 10.1. The number of fused-ring (bicyclic) bond motifs is 1. The summed E-state index contributed by atoms with van der Waals surface area (Å²) in [7, 11) is 0. The zero-order valence-corrected chi connectivity index (χ0v) is 17.2. The fourth-order valence-electron chi connectivity index (χ4n) is 2.93. The zero-order valence-electron chi connectivity index (χ0n) is 16.4. The van der Waals surface area contributed by atoms with Gasteiger partial charge in [-0.1, -0.05) is 29.1 Å². The Hall–Kier alpha value is -3.53. The van der Waals surface area contributed by atoms with Crippen LogP contribution >= 0.6 is 11.8 Å². The van der Waals surface area contributed by atoms with Crippen molar-refractivity contribution in [2.45, 2.75) is 24.3 Å². The van der Waals surface area contributed by atoms with E-state index in [1.165, 1.54) is 0 Å². The molecule has 158 valence electrons. The van der Waals surface area contributed by atoms with Crippen molar-refractivity contribution in [2.24, 2.45) is 0 Å². The van der Waals surface area contributed by atoms with E-state index in [0.29, 0.717) is 17.3 Å². The number of aryl methyl sites for hydroxylation is 1. The molecule has 4 rings (SSSR count). The van der Waals surface area contributed by atoms with E-state index < -0.39 is 28.4 Å². The molecule has 0 aliphatic heterocycles. The van der Waals surface area contributed by atoms with Gasteiger partial charge in [-0.3, -0.25) is 14.2 Å². The summed E-state index contributed by atoms with van der Waals surface area (Å²) < 4.78 is 33.9. The SMILES string of the molecule is Cc1cc(NC(=O)C(C)Sc2nc3ccccc3c(=O)n2-c2ccc(F)cc2F)no1. The topological polar surface area (TPSA) is 90.0 Å². The number of halogens is 2. The number of hydrogen-bond donors (Lipinski definition) is 1. The molecule has 0 saturated carbocycles. The van der Waals surface area contributed by atoms with E-state index in [1.807, 2.05) is 0 Å². The minimum Gasteiger partial charge on any atom is -0.360 e. The molecule has 4 aromatic rings. The molecule has 1 amide bonds. The lowest BCUT2D eigenvalue weighted by molar-refractivity contribution is -0.115. The van der Waals surface area contributed by atoms with Crippen LogP contribution in [0.15, 0.2) is 63.0 Å². The van der Waals surface area contributed by atoms with Crippen molar-refractivity contribution in [1.29, 1.82) is 0 Å². The fourth-order valence-corrected chi connectivity index (χ4v) is 3.85. The molecule has 2 heterocycles. The predicted octanol–water partition coefficient (Wildman–Crippen LogP) is 4.08. The molecule has 0 bridgehead atoms. The van der Waals surface area contributed by atoms with Crippen LogP contribution in [0.5, 0.6) is 0 Å². The molecule has 0 fully saturated rings. The first-order valence-electron chi connectivity index (χ1n) is 9.21. The Balaban J connectivity index is 1.77. The average molecular weight is 442 g/mol. The van der Waals surface area contributed by atoms with Gasteiger partial charge in [-0.15, -0.1) is 0 Å². The third kappa shape index (κ3) is 4.19. The Labute approximate surface area is 179 Å². The Bertz CT molecular complexity index is 1350. The summed E-state index contributed by atoms with van der Waals surface area (Å²) in [4.78, 5) is 30.2. The number of carbonyl (C=O) groups is 1. The highest BCUT2D eigenvalue weighted by Crippen LogP contribution is 2.27. The van der Waals surface area contributed by atoms with Crippen molar-refractivity contribution in [3.05, 3.63) is 76.3 Å². The Kier molecular flexibility index (Phi) is 5.55. The number of para-hydroxylation sites is 1. The van der Waals surface area contributed by atoms with Gasteiger partial charge in [-0.25, -0.2) is 13.8 Å². The van der Waals surface area contributed by atoms with Gasteiger partial charge in [-0.05, 0) is 38.1 Å².